The van der Waals surface area contributed by atoms with Crippen LogP contribution in [-0.2, 0) is 19.4 Å². The number of aryl methyl sites for hydroxylation is 1. The summed E-state index contributed by atoms with van der Waals surface area (Å²) in [6, 6.07) is 0. The molecule has 0 spiro atoms. The van der Waals surface area contributed by atoms with E-state index in [2.05, 4.69) is 15.5 Å². The molecule has 0 aromatic carbocycles. The summed E-state index contributed by atoms with van der Waals surface area (Å²) in [5, 5.41) is 11.0. The van der Waals surface area contributed by atoms with Crippen LogP contribution < -0.4 is 5.32 Å². The van der Waals surface area contributed by atoms with Gasteiger partial charge in [0.25, 0.3) is 0 Å². The van der Waals surface area contributed by atoms with E-state index in [4.69, 9.17) is 0 Å². The lowest BCUT2D eigenvalue weighted by atomic mass is 10.2. The molecule has 3 nitrogen and oxygen atoms in total. The van der Waals surface area contributed by atoms with Crippen LogP contribution in [0.4, 0.5) is 0 Å². The molecule has 1 aromatic rings. The van der Waals surface area contributed by atoms with Crippen molar-refractivity contribution in [2.75, 3.05) is 6.54 Å². The Hall–Kier alpha value is -0.830. The largest absolute Gasteiger partial charge is 0.311 e. The molecule has 1 saturated carbocycles. The van der Waals surface area contributed by atoms with E-state index in [0.29, 0.717) is 0 Å². The number of aromatic amines is 1. The normalized spacial score (nSPS) is 20.0. The molecule has 2 aliphatic carbocycles. The number of hydrogen-bond acceptors (Lipinski definition) is 2. The van der Waals surface area contributed by atoms with Crippen LogP contribution >= 0.6 is 0 Å². The predicted molar refractivity (Wildman–Crippen MR) is 55.0 cm³/mol. The molecule has 2 N–H and O–H groups in total. The highest BCUT2D eigenvalue weighted by molar-refractivity contribution is 5.29. The fourth-order valence-corrected chi connectivity index (χ4v) is 2.25. The standard InChI is InChI=1S/C11H17N3/c1-2-9-10(3-1)13-14-11(9)7-12-6-8-4-5-8/h8,12H,1-7H2,(H,13,14). The van der Waals surface area contributed by atoms with Crippen molar-refractivity contribution in [3.05, 3.63) is 17.0 Å². The predicted octanol–water partition coefficient (Wildman–Crippen LogP) is 1.40. The number of hydrogen-bond donors (Lipinski definition) is 2. The van der Waals surface area contributed by atoms with Crippen LogP contribution in [-0.4, -0.2) is 16.7 Å². The molecule has 76 valence electrons. The van der Waals surface area contributed by atoms with Crippen LogP contribution in [0.5, 0.6) is 0 Å². The second-order valence-corrected chi connectivity index (χ2v) is 4.56. The van der Waals surface area contributed by atoms with Crippen molar-refractivity contribution in [1.82, 2.24) is 15.5 Å². The fourth-order valence-electron chi connectivity index (χ4n) is 2.25. The van der Waals surface area contributed by atoms with Crippen molar-refractivity contribution in [3.63, 3.8) is 0 Å². The highest BCUT2D eigenvalue weighted by Crippen LogP contribution is 2.28. The topological polar surface area (TPSA) is 40.7 Å². The van der Waals surface area contributed by atoms with Crippen LogP contribution in [0, 0.1) is 5.92 Å². The summed E-state index contributed by atoms with van der Waals surface area (Å²) in [6.45, 7) is 2.14. The molecule has 0 bridgehead atoms. The van der Waals surface area contributed by atoms with Gasteiger partial charge >= 0.3 is 0 Å². The monoisotopic (exact) mass is 191 g/mol. The Bertz CT molecular complexity index is 325. The highest BCUT2D eigenvalue weighted by atomic mass is 15.1. The lowest BCUT2D eigenvalue weighted by Gasteiger charge is -2.01. The maximum absolute atomic E-state index is 4.37. The van der Waals surface area contributed by atoms with Gasteiger partial charge in [-0.05, 0) is 50.1 Å². The molecule has 1 heterocycles. The SMILES string of the molecule is C1Cc2[nH]nc(CNCC3CC3)c2C1. The van der Waals surface area contributed by atoms with Gasteiger partial charge in [0.05, 0.1) is 5.69 Å². The molecule has 0 aliphatic heterocycles. The van der Waals surface area contributed by atoms with Crippen molar-refractivity contribution in [2.45, 2.75) is 38.6 Å². The van der Waals surface area contributed by atoms with Crippen molar-refractivity contribution in [3.8, 4) is 0 Å². The summed E-state index contributed by atoms with van der Waals surface area (Å²) >= 11 is 0. The number of rotatable bonds is 4. The van der Waals surface area contributed by atoms with E-state index in [1.54, 1.807) is 0 Å². The Morgan fingerprint density at radius 3 is 3.14 bits per heavy atom. The molecule has 1 fully saturated rings. The second kappa shape index (κ2) is 3.39. The van der Waals surface area contributed by atoms with Gasteiger partial charge in [-0.3, -0.25) is 5.10 Å². The Balaban J connectivity index is 1.59. The van der Waals surface area contributed by atoms with Gasteiger partial charge in [0.2, 0.25) is 0 Å². The minimum absolute atomic E-state index is 0.960. The van der Waals surface area contributed by atoms with Crippen LogP contribution in [0.15, 0.2) is 0 Å². The molecule has 3 heteroatoms. The van der Waals surface area contributed by atoms with E-state index in [1.165, 1.54) is 55.6 Å². The van der Waals surface area contributed by atoms with Crippen molar-refractivity contribution >= 4 is 0 Å². The number of nitrogens with one attached hydrogen (secondary N) is 2. The summed E-state index contributed by atoms with van der Waals surface area (Å²) in [4.78, 5) is 0. The van der Waals surface area contributed by atoms with Gasteiger partial charge in [0.15, 0.2) is 0 Å². The molecule has 3 rings (SSSR count). The third-order valence-electron chi connectivity index (χ3n) is 3.31. The summed E-state index contributed by atoms with van der Waals surface area (Å²) in [5.74, 6) is 0.960. The average molecular weight is 191 g/mol. The zero-order valence-corrected chi connectivity index (χ0v) is 8.47. The first kappa shape index (κ1) is 8.48. The third-order valence-corrected chi connectivity index (χ3v) is 3.31. The Labute approximate surface area is 84.3 Å². The van der Waals surface area contributed by atoms with Gasteiger partial charge in [-0.2, -0.15) is 5.10 Å². The summed E-state index contributed by atoms with van der Waals surface area (Å²) in [7, 11) is 0. The minimum Gasteiger partial charge on any atom is -0.311 e. The Kier molecular flexibility index (Phi) is 2.05. The zero-order valence-electron chi connectivity index (χ0n) is 8.47. The van der Waals surface area contributed by atoms with Crippen LogP contribution in [0.25, 0.3) is 0 Å². The highest BCUT2D eigenvalue weighted by Gasteiger charge is 2.21. The molecule has 14 heavy (non-hydrogen) atoms. The van der Waals surface area contributed by atoms with Crippen LogP contribution in [0.3, 0.4) is 0 Å². The van der Waals surface area contributed by atoms with Gasteiger partial charge < -0.3 is 5.32 Å². The first-order valence-corrected chi connectivity index (χ1v) is 5.69. The van der Waals surface area contributed by atoms with Crippen LogP contribution in [0.1, 0.15) is 36.2 Å². The Morgan fingerprint density at radius 1 is 1.36 bits per heavy atom. The van der Waals surface area contributed by atoms with Gasteiger partial charge in [0.1, 0.15) is 0 Å². The third kappa shape index (κ3) is 1.57. The summed E-state index contributed by atoms with van der Waals surface area (Å²) in [5.41, 5.74) is 4.14. The molecule has 0 unspecified atom stereocenters. The molecule has 0 atom stereocenters. The number of H-pyrrole nitrogens is 1. The maximum atomic E-state index is 4.37. The van der Waals surface area contributed by atoms with Gasteiger partial charge in [-0.15, -0.1) is 0 Å². The zero-order chi connectivity index (χ0) is 9.38. The fraction of sp³-hybridized carbons (Fsp3) is 0.727. The summed E-state index contributed by atoms with van der Waals surface area (Å²) < 4.78 is 0. The first-order valence-electron chi connectivity index (χ1n) is 5.69. The molecule has 0 saturated heterocycles. The molecule has 2 aliphatic rings. The van der Waals surface area contributed by atoms with Crippen molar-refractivity contribution in [2.24, 2.45) is 5.92 Å². The Morgan fingerprint density at radius 2 is 2.29 bits per heavy atom. The van der Waals surface area contributed by atoms with E-state index >= 15 is 0 Å². The van der Waals surface area contributed by atoms with Gasteiger partial charge in [-0.1, -0.05) is 0 Å². The van der Waals surface area contributed by atoms with E-state index in [0.717, 1.165) is 12.5 Å². The summed E-state index contributed by atoms with van der Waals surface area (Å²) in [6.07, 6.45) is 6.58. The van der Waals surface area contributed by atoms with Gasteiger partial charge in [0, 0.05) is 12.2 Å². The molecule has 0 radical (unpaired) electrons. The average Bonchev–Trinajstić information content (AvgIpc) is 2.76. The number of fused-ring (bicyclic) bond motifs is 1. The lowest BCUT2D eigenvalue weighted by molar-refractivity contribution is 0.625. The maximum Gasteiger partial charge on any atom is 0.0794 e. The number of aromatic nitrogens is 2. The molecule has 1 aromatic heterocycles. The van der Waals surface area contributed by atoms with E-state index in [9.17, 15) is 0 Å². The quantitative estimate of drug-likeness (QED) is 0.755. The number of nitrogens with zero attached hydrogens (tertiary/aromatic N) is 1. The van der Waals surface area contributed by atoms with E-state index < -0.39 is 0 Å². The smallest absolute Gasteiger partial charge is 0.0794 e. The first-order chi connectivity index (χ1) is 6.93. The van der Waals surface area contributed by atoms with E-state index in [1.807, 2.05) is 0 Å². The molecular formula is C11H17N3. The van der Waals surface area contributed by atoms with E-state index in [-0.39, 0.29) is 0 Å². The molecular weight excluding hydrogens is 174 g/mol. The van der Waals surface area contributed by atoms with Crippen LogP contribution in [0.2, 0.25) is 0 Å². The van der Waals surface area contributed by atoms with Crippen molar-refractivity contribution < 1.29 is 0 Å². The molecule has 0 amide bonds. The van der Waals surface area contributed by atoms with Gasteiger partial charge in [-0.25, -0.2) is 0 Å². The minimum atomic E-state index is 0.960. The lowest BCUT2D eigenvalue weighted by Crippen LogP contribution is -2.17. The van der Waals surface area contributed by atoms with Crippen molar-refractivity contribution in [1.29, 1.82) is 0 Å². The second-order valence-electron chi connectivity index (χ2n) is 4.56.